The highest BCUT2D eigenvalue weighted by Crippen LogP contribution is 2.21. The van der Waals surface area contributed by atoms with Gasteiger partial charge in [-0.15, -0.1) is 0 Å². The molecule has 1 fully saturated rings. The molecule has 0 unspecified atom stereocenters. The Hall–Kier alpha value is -1.06. The lowest BCUT2D eigenvalue weighted by Crippen LogP contribution is -2.40. The van der Waals surface area contributed by atoms with Crippen LogP contribution in [0.5, 0.6) is 5.75 Å². The number of hydrogen-bond donors (Lipinski definition) is 1. The summed E-state index contributed by atoms with van der Waals surface area (Å²) in [7, 11) is 2.12. The van der Waals surface area contributed by atoms with Crippen LogP contribution in [0.1, 0.15) is 51.0 Å². The summed E-state index contributed by atoms with van der Waals surface area (Å²) in [6.45, 7) is 3.24. The predicted octanol–water partition coefficient (Wildman–Crippen LogP) is 3.64. The highest BCUT2D eigenvalue weighted by molar-refractivity contribution is 5.27. The van der Waals surface area contributed by atoms with Crippen LogP contribution in [0, 0.1) is 0 Å². The first-order chi connectivity index (χ1) is 10.7. The summed E-state index contributed by atoms with van der Waals surface area (Å²) >= 11 is 0. The summed E-state index contributed by atoms with van der Waals surface area (Å²) < 4.78 is 5.71. The molecule has 1 aliphatic rings. The van der Waals surface area contributed by atoms with Gasteiger partial charge < -0.3 is 14.7 Å². The summed E-state index contributed by atoms with van der Waals surface area (Å²) in [6, 6.07) is 8.86. The number of aliphatic hydroxyl groups is 1. The normalized spacial score (nSPS) is 17.6. The second-order valence-electron chi connectivity index (χ2n) is 6.59. The molecule has 0 bridgehead atoms. The fraction of sp³-hybridized carbons (Fsp3) is 0.684. The van der Waals surface area contributed by atoms with E-state index in [9.17, 15) is 5.11 Å². The number of ether oxygens (including phenoxy) is 1. The fourth-order valence-corrected chi connectivity index (χ4v) is 3.29. The molecule has 124 valence electrons. The number of rotatable bonds is 8. The maximum absolute atomic E-state index is 10.2. The van der Waals surface area contributed by atoms with Gasteiger partial charge in [0.1, 0.15) is 18.5 Å². The van der Waals surface area contributed by atoms with Crippen LogP contribution in [0.3, 0.4) is 0 Å². The van der Waals surface area contributed by atoms with Gasteiger partial charge in [-0.1, -0.05) is 44.7 Å². The third-order valence-corrected chi connectivity index (χ3v) is 4.60. The van der Waals surface area contributed by atoms with Gasteiger partial charge in [-0.25, -0.2) is 0 Å². The number of hydrogen-bond acceptors (Lipinski definition) is 3. The lowest BCUT2D eigenvalue weighted by atomic mass is 9.94. The molecular weight excluding hydrogens is 274 g/mol. The minimum Gasteiger partial charge on any atom is -0.491 e. The molecule has 1 aromatic carbocycles. The number of aryl methyl sites for hydroxylation is 1. The molecule has 1 saturated carbocycles. The largest absolute Gasteiger partial charge is 0.491 e. The second kappa shape index (κ2) is 9.16. The zero-order valence-corrected chi connectivity index (χ0v) is 14.1. The van der Waals surface area contributed by atoms with E-state index in [4.69, 9.17) is 4.74 Å². The molecule has 0 aromatic heterocycles. The van der Waals surface area contributed by atoms with Gasteiger partial charge in [-0.3, -0.25) is 0 Å². The van der Waals surface area contributed by atoms with Crippen LogP contribution in [-0.4, -0.2) is 42.4 Å². The second-order valence-corrected chi connectivity index (χ2v) is 6.59. The van der Waals surface area contributed by atoms with Gasteiger partial charge in [0.15, 0.2) is 0 Å². The molecule has 1 aliphatic carbocycles. The van der Waals surface area contributed by atoms with Crippen LogP contribution in [0.4, 0.5) is 0 Å². The van der Waals surface area contributed by atoms with Crippen molar-refractivity contribution in [1.82, 2.24) is 4.90 Å². The molecule has 0 aliphatic heterocycles. The van der Waals surface area contributed by atoms with Gasteiger partial charge in [0.05, 0.1) is 0 Å². The van der Waals surface area contributed by atoms with E-state index >= 15 is 0 Å². The maximum Gasteiger partial charge on any atom is 0.119 e. The van der Waals surface area contributed by atoms with E-state index in [0.29, 0.717) is 19.2 Å². The quantitative estimate of drug-likeness (QED) is 0.796. The summed E-state index contributed by atoms with van der Waals surface area (Å²) in [5, 5.41) is 10.2. The number of aliphatic hydroxyl groups excluding tert-OH is 1. The average Bonchev–Trinajstić information content (AvgIpc) is 2.55. The van der Waals surface area contributed by atoms with Gasteiger partial charge in [0.25, 0.3) is 0 Å². The van der Waals surface area contributed by atoms with Crippen molar-refractivity contribution in [2.75, 3.05) is 20.2 Å². The van der Waals surface area contributed by atoms with Gasteiger partial charge >= 0.3 is 0 Å². The highest BCUT2D eigenvalue weighted by Gasteiger charge is 2.20. The van der Waals surface area contributed by atoms with Gasteiger partial charge in [0, 0.05) is 12.6 Å². The Morgan fingerprint density at radius 2 is 1.86 bits per heavy atom. The Morgan fingerprint density at radius 1 is 1.18 bits per heavy atom. The van der Waals surface area contributed by atoms with E-state index in [2.05, 4.69) is 31.0 Å². The Balaban J connectivity index is 1.71. The number of benzene rings is 1. The van der Waals surface area contributed by atoms with Gasteiger partial charge in [-0.05, 0) is 44.0 Å². The smallest absolute Gasteiger partial charge is 0.119 e. The van der Waals surface area contributed by atoms with Crippen LogP contribution in [-0.2, 0) is 6.42 Å². The summed E-state index contributed by atoms with van der Waals surface area (Å²) in [5.41, 5.74) is 1.34. The van der Waals surface area contributed by atoms with E-state index in [1.54, 1.807) is 0 Å². The van der Waals surface area contributed by atoms with Crippen molar-refractivity contribution >= 4 is 0 Å². The third kappa shape index (κ3) is 5.62. The van der Waals surface area contributed by atoms with Crippen LogP contribution in [0.15, 0.2) is 24.3 Å². The first kappa shape index (κ1) is 17.3. The lowest BCUT2D eigenvalue weighted by Gasteiger charge is -2.32. The van der Waals surface area contributed by atoms with Crippen molar-refractivity contribution in [1.29, 1.82) is 0 Å². The summed E-state index contributed by atoms with van der Waals surface area (Å²) in [4.78, 5) is 2.30. The number of nitrogens with zero attached hydrogens (tertiary/aromatic N) is 1. The summed E-state index contributed by atoms with van der Waals surface area (Å²) in [5.74, 6) is 0.847. The van der Waals surface area contributed by atoms with Crippen LogP contribution in [0.2, 0.25) is 0 Å². The highest BCUT2D eigenvalue weighted by atomic mass is 16.5. The van der Waals surface area contributed by atoms with Crippen molar-refractivity contribution in [2.45, 2.75) is 64.0 Å². The van der Waals surface area contributed by atoms with Gasteiger partial charge in [0.2, 0.25) is 0 Å². The molecule has 0 heterocycles. The Kier molecular flexibility index (Phi) is 7.20. The Bertz CT molecular complexity index is 412. The third-order valence-electron chi connectivity index (χ3n) is 4.60. The molecular formula is C19H31NO2. The van der Waals surface area contributed by atoms with Crippen molar-refractivity contribution in [2.24, 2.45) is 0 Å². The molecule has 3 nitrogen and oxygen atoms in total. The Labute approximate surface area is 135 Å². The van der Waals surface area contributed by atoms with E-state index in [1.165, 1.54) is 37.7 Å². The maximum atomic E-state index is 10.2. The molecule has 0 radical (unpaired) electrons. The molecule has 2 rings (SSSR count). The molecule has 1 atom stereocenters. The molecule has 22 heavy (non-hydrogen) atoms. The molecule has 0 amide bonds. The molecule has 1 aromatic rings. The molecule has 1 N–H and O–H groups in total. The topological polar surface area (TPSA) is 32.7 Å². The van der Waals surface area contributed by atoms with E-state index < -0.39 is 6.10 Å². The molecule has 3 heteroatoms. The lowest BCUT2D eigenvalue weighted by molar-refractivity contribution is 0.0561. The van der Waals surface area contributed by atoms with Crippen LogP contribution < -0.4 is 4.74 Å². The van der Waals surface area contributed by atoms with Crippen LogP contribution >= 0.6 is 0 Å². The van der Waals surface area contributed by atoms with Crippen molar-refractivity contribution in [3.63, 3.8) is 0 Å². The average molecular weight is 305 g/mol. The first-order valence-corrected chi connectivity index (χ1v) is 8.79. The summed E-state index contributed by atoms with van der Waals surface area (Å²) in [6.07, 6.45) is 8.39. The standard InChI is InChI=1S/C19H31NO2/c1-3-7-16-10-12-19(13-11-16)22-15-18(21)14-20(2)17-8-5-4-6-9-17/h10-13,17-18,21H,3-9,14-15H2,1-2H3/t18-/m1/s1. The van der Waals surface area contributed by atoms with E-state index in [1.807, 2.05) is 12.1 Å². The predicted molar refractivity (Wildman–Crippen MR) is 91.4 cm³/mol. The van der Waals surface area contributed by atoms with Gasteiger partial charge in [-0.2, -0.15) is 0 Å². The van der Waals surface area contributed by atoms with Crippen LogP contribution in [0.25, 0.3) is 0 Å². The minimum absolute atomic E-state index is 0.365. The van der Waals surface area contributed by atoms with Crippen molar-refractivity contribution in [3.8, 4) is 5.75 Å². The fourth-order valence-electron chi connectivity index (χ4n) is 3.29. The van der Waals surface area contributed by atoms with E-state index in [-0.39, 0.29) is 0 Å². The zero-order valence-electron chi connectivity index (χ0n) is 14.1. The Morgan fingerprint density at radius 3 is 2.50 bits per heavy atom. The van der Waals surface area contributed by atoms with Crippen molar-refractivity contribution < 1.29 is 9.84 Å². The minimum atomic E-state index is -0.428. The number of likely N-dealkylation sites (N-methyl/N-ethyl adjacent to an activating group) is 1. The SMILES string of the molecule is CCCc1ccc(OC[C@H](O)CN(C)C2CCCCC2)cc1. The zero-order chi connectivity index (χ0) is 15.8. The molecule has 0 spiro atoms. The first-order valence-electron chi connectivity index (χ1n) is 8.79. The molecule has 0 saturated heterocycles. The monoisotopic (exact) mass is 305 g/mol. The van der Waals surface area contributed by atoms with E-state index in [0.717, 1.165) is 18.6 Å². The van der Waals surface area contributed by atoms with Crippen molar-refractivity contribution in [3.05, 3.63) is 29.8 Å².